The Morgan fingerprint density at radius 2 is 1.56 bits per heavy atom. The van der Waals surface area contributed by atoms with Crippen LogP contribution in [0.1, 0.15) is 93.4 Å². The Balaban J connectivity index is 0.000000203. The predicted molar refractivity (Wildman–Crippen MR) is 174 cm³/mol. The number of hydrogen-bond donors (Lipinski definition) is 2. The molecule has 2 fully saturated rings. The predicted octanol–water partition coefficient (Wildman–Crippen LogP) is 6.43. The minimum Gasteiger partial charge on any atom is -0.309 e. The van der Waals surface area contributed by atoms with Crippen LogP contribution in [0, 0.1) is 0 Å². The van der Waals surface area contributed by atoms with E-state index in [0.29, 0.717) is 11.6 Å². The third-order valence-corrected chi connectivity index (χ3v) is 8.75. The average molecular weight is 629 g/mol. The molecule has 1 aromatic heterocycles. The van der Waals surface area contributed by atoms with Crippen LogP contribution in [0.15, 0.2) is 53.5 Å². The highest BCUT2D eigenvalue weighted by atomic mass is 35.5. The maximum atomic E-state index is 10.3. The first-order valence-electron chi connectivity index (χ1n) is 15.4. The second-order valence-electron chi connectivity index (χ2n) is 11.7. The summed E-state index contributed by atoms with van der Waals surface area (Å²) in [5.74, 6) is 1.80. The van der Waals surface area contributed by atoms with Gasteiger partial charge in [-0.25, -0.2) is 0 Å². The van der Waals surface area contributed by atoms with Crippen LogP contribution in [0.3, 0.4) is 0 Å². The van der Waals surface area contributed by atoms with Gasteiger partial charge < -0.3 is 4.90 Å². The van der Waals surface area contributed by atoms with Crippen molar-refractivity contribution in [3.63, 3.8) is 0 Å². The second kappa shape index (κ2) is 16.4. The first-order chi connectivity index (χ1) is 20.7. The molecule has 3 aliphatic rings. The molecule has 2 N–H and O–H groups in total. The molecule has 43 heavy (non-hydrogen) atoms. The number of aromatic nitrogens is 3. The van der Waals surface area contributed by atoms with Crippen LogP contribution in [0.5, 0.6) is 0 Å². The van der Waals surface area contributed by atoms with Crippen molar-refractivity contribution in [2.24, 2.45) is 4.99 Å². The van der Waals surface area contributed by atoms with Crippen LogP contribution in [0.2, 0.25) is 5.02 Å². The number of nitrogens with zero attached hydrogens (tertiary/aromatic N) is 5. The minimum atomic E-state index is -3.97. The van der Waals surface area contributed by atoms with Crippen molar-refractivity contribution in [3.8, 4) is 5.69 Å². The van der Waals surface area contributed by atoms with Gasteiger partial charge in [0.15, 0.2) is 5.82 Å². The molecule has 0 saturated heterocycles. The average Bonchev–Trinajstić information content (AvgIpc) is 3.33. The van der Waals surface area contributed by atoms with E-state index in [9.17, 15) is 8.42 Å². The fourth-order valence-electron chi connectivity index (χ4n) is 5.68. The fourth-order valence-corrected chi connectivity index (χ4v) is 6.51. The smallest absolute Gasteiger partial charge is 0.309 e. The molecule has 1 aliphatic heterocycles. The summed E-state index contributed by atoms with van der Waals surface area (Å²) in [5, 5.41) is 9.51. The molecule has 2 heterocycles. The van der Waals surface area contributed by atoms with Gasteiger partial charge in [-0.15, -0.1) is 10.2 Å². The van der Waals surface area contributed by atoms with E-state index in [2.05, 4.69) is 50.6 Å². The van der Waals surface area contributed by atoms with Crippen LogP contribution in [-0.4, -0.2) is 65.0 Å². The molecule has 11 heteroatoms. The molecule has 234 valence electrons. The number of hydrogen-bond acceptors (Lipinski definition) is 6. The first kappa shape index (κ1) is 33.3. The van der Waals surface area contributed by atoms with Crippen LogP contribution >= 0.6 is 11.6 Å². The van der Waals surface area contributed by atoms with Crippen molar-refractivity contribution in [2.45, 2.75) is 89.6 Å². The molecule has 0 atom stereocenters. The van der Waals surface area contributed by atoms with E-state index in [0.717, 1.165) is 72.8 Å². The molecule has 0 radical (unpaired) electrons. The summed E-state index contributed by atoms with van der Waals surface area (Å²) in [5.41, 5.74) is 4.05. The Bertz CT molecular complexity index is 1420. The molecule has 0 unspecified atom stereocenters. The molecule has 2 aliphatic carbocycles. The highest BCUT2D eigenvalue weighted by Gasteiger charge is 2.23. The second-order valence-corrected chi connectivity index (χ2v) is 13.3. The maximum absolute atomic E-state index is 10.3. The largest absolute Gasteiger partial charge is 0.333 e. The summed E-state index contributed by atoms with van der Waals surface area (Å²) in [4.78, 5) is 7.00. The Labute approximate surface area is 261 Å². The van der Waals surface area contributed by atoms with Gasteiger partial charge in [0.1, 0.15) is 12.4 Å². The molecule has 0 spiro atoms. The number of nitrogens with one attached hydrogen (secondary N) is 1. The van der Waals surface area contributed by atoms with Crippen molar-refractivity contribution < 1.29 is 13.0 Å². The fraction of sp³-hybridized carbons (Fsp3) is 0.531. The van der Waals surface area contributed by atoms with E-state index >= 15 is 0 Å². The van der Waals surface area contributed by atoms with E-state index in [1.807, 2.05) is 36.4 Å². The Kier molecular flexibility index (Phi) is 12.7. The van der Waals surface area contributed by atoms with Crippen LogP contribution < -0.4 is 4.72 Å². The highest BCUT2D eigenvalue weighted by molar-refractivity contribution is 7.83. The number of halogens is 1. The topological polar surface area (TPSA) is 113 Å². The van der Waals surface area contributed by atoms with Crippen LogP contribution in [0.4, 0.5) is 0 Å². The van der Waals surface area contributed by atoms with Gasteiger partial charge >= 0.3 is 10.3 Å². The number of rotatable bonds is 6. The Morgan fingerprint density at radius 1 is 0.930 bits per heavy atom. The van der Waals surface area contributed by atoms with Gasteiger partial charge in [-0.2, -0.15) is 13.1 Å². The zero-order chi connectivity index (χ0) is 30.7. The molecule has 0 bridgehead atoms. The van der Waals surface area contributed by atoms with Gasteiger partial charge in [0.05, 0.1) is 11.4 Å². The third kappa shape index (κ3) is 10.5. The van der Waals surface area contributed by atoms with E-state index in [4.69, 9.17) is 21.1 Å². The standard InChI is InChI=1S/C20H20ClN5.C6H13NO3S.C6H12/c1-25(2)11-10-18-23-24-19-13-22-20(14-6-4-3-5-7-14)16-12-15(21)8-9-17(16)26(18)19;8-11(9,10)7-6-4-2-1-3-5-6;1-2-4-6-5-3-1/h3-9,12H,10-11,13H2,1-2H3;6-7H,1-5H2,(H,8,9,10);1-6H2. The lowest BCUT2D eigenvalue weighted by molar-refractivity contribution is 0.389. The van der Waals surface area contributed by atoms with Crippen molar-refractivity contribution in [2.75, 3.05) is 20.6 Å². The molecule has 2 saturated carbocycles. The van der Waals surface area contributed by atoms with Crippen molar-refractivity contribution in [1.82, 2.24) is 24.4 Å². The summed E-state index contributed by atoms with van der Waals surface area (Å²) in [6.07, 6.45) is 14.8. The van der Waals surface area contributed by atoms with Crippen LogP contribution in [0.25, 0.3) is 5.69 Å². The van der Waals surface area contributed by atoms with E-state index < -0.39 is 10.3 Å². The van der Waals surface area contributed by atoms with Crippen molar-refractivity contribution in [3.05, 3.63) is 76.3 Å². The summed E-state index contributed by atoms with van der Waals surface area (Å²) >= 11 is 6.32. The van der Waals surface area contributed by atoms with E-state index in [-0.39, 0.29) is 6.04 Å². The Hall–Kier alpha value is -2.63. The lowest BCUT2D eigenvalue weighted by Gasteiger charge is -2.20. The Morgan fingerprint density at radius 3 is 2.16 bits per heavy atom. The lowest BCUT2D eigenvalue weighted by atomic mass is 9.96. The van der Waals surface area contributed by atoms with E-state index in [1.165, 1.54) is 44.9 Å². The van der Waals surface area contributed by atoms with Gasteiger partial charge in [0.2, 0.25) is 0 Å². The van der Waals surface area contributed by atoms with Gasteiger partial charge in [0.25, 0.3) is 0 Å². The number of benzene rings is 2. The highest BCUT2D eigenvalue weighted by Crippen LogP contribution is 2.28. The molecular formula is C32H45ClN6O3S. The zero-order valence-electron chi connectivity index (χ0n) is 25.4. The summed E-state index contributed by atoms with van der Waals surface area (Å²) < 4.78 is 33.4. The van der Waals surface area contributed by atoms with Crippen molar-refractivity contribution >= 4 is 27.6 Å². The van der Waals surface area contributed by atoms with Gasteiger partial charge in [-0.05, 0) is 45.1 Å². The first-order valence-corrected chi connectivity index (χ1v) is 17.3. The van der Waals surface area contributed by atoms with Gasteiger partial charge in [-0.3, -0.25) is 14.1 Å². The molecule has 3 aromatic rings. The molecule has 2 aromatic carbocycles. The quantitative estimate of drug-likeness (QED) is 0.304. The van der Waals surface area contributed by atoms with Crippen molar-refractivity contribution in [1.29, 1.82) is 0 Å². The molecule has 0 amide bonds. The van der Waals surface area contributed by atoms with Gasteiger partial charge in [0, 0.05) is 35.2 Å². The molecule has 9 nitrogen and oxygen atoms in total. The minimum absolute atomic E-state index is 0.0428. The normalized spacial score (nSPS) is 16.9. The number of aliphatic imine (C=N–C) groups is 1. The third-order valence-electron chi connectivity index (χ3n) is 7.88. The van der Waals surface area contributed by atoms with Gasteiger partial charge in [-0.1, -0.05) is 99.7 Å². The van der Waals surface area contributed by atoms with E-state index in [1.54, 1.807) is 0 Å². The monoisotopic (exact) mass is 628 g/mol. The summed E-state index contributed by atoms with van der Waals surface area (Å²) in [6, 6.07) is 16.1. The number of fused-ring (bicyclic) bond motifs is 3. The lowest BCUT2D eigenvalue weighted by Crippen LogP contribution is -2.35. The summed E-state index contributed by atoms with van der Waals surface area (Å²) in [6.45, 7) is 1.40. The SMILES string of the molecule is C1CCCCC1.CN(C)CCc1nnc2n1-c1ccc(Cl)cc1C(c1ccccc1)=NC2.O=S(=O)(O)NC1CCCCC1. The molecule has 6 rings (SSSR count). The molecular weight excluding hydrogens is 584 g/mol. The summed E-state index contributed by atoms with van der Waals surface area (Å²) in [7, 11) is 0.145. The van der Waals surface area contributed by atoms with Crippen LogP contribution in [-0.2, 0) is 23.3 Å². The maximum Gasteiger partial charge on any atom is 0.333 e. The zero-order valence-corrected chi connectivity index (χ0v) is 27.0. The number of likely N-dealkylation sites (N-methyl/N-ethyl adjacent to an activating group) is 1.